The molecule has 128 valence electrons. The van der Waals surface area contributed by atoms with Gasteiger partial charge in [0.2, 0.25) is 0 Å². The fraction of sp³-hybridized carbons (Fsp3) is 0.250. The van der Waals surface area contributed by atoms with Crippen LogP contribution >= 0.6 is 11.3 Å². The van der Waals surface area contributed by atoms with E-state index in [0.29, 0.717) is 10.9 Å². The Morgan fingerprint density at radius 3 is 2.28 bits per heavy atom. The Kier molecular flexibility index (Phi) is 5.24. The molecule has 1 amide bonds. The Hall–Kier alpha value is -2.53. The minimum absolute atomic E-state index is 0.153. The molecule has 4 nitrogen and oxygen atoms in total. The minimum atomic E-state index is -0.234. The zero-order valence-corrected chi connectivity index (χ0v) is 15.4. The van der Waals surface area contributed by atoms with E-state index in [2.05, 4.69) is 41.3 Å². The minimum Gasteiger partial charge on any atom is -0.339 e. The second kappa shape index (κ2) is 7.57. The highest BCUT2D eigenvalue weighted by Crippen LogP contribution is 2.24. The molecule has 0 saturated carbocycles. The maximum Gasteiger partial charge on any atom is 0.281 e. The van der Waals surface area contributed by atoms with Gasteiger partial charge in [0.1, 0.15) is 0 Å². The molecule has 0 radical (unpaired) electrons. The quantitative estimate of drug-likeness (QED) is 0.737. The van der Waals surface area contributed by atoms with Crippen LogP contribution in [0.25, 0.3) is 0 Å². The zero-order chi connectivity index (χ0) is 17.8. The van der Waals surface area contributed by atoms with Crippen LogP contribution in [-0.4, -0.2) is 15.9 Å². The van der Waals surface area contributed by atoms with E-state index in [0.717, 1.165) is 16.8 Å². The fourth-order valence-electron chi connectivity index (χ4n) is 2.52. The average molecular weight is 351 g/mol. The summed E-state index contributed by atoms with van der Waals surface area (Å²) in [6.45, 7) is 6.19. The summed E-state index contributed by atoms with van der Waals surface area (Å²) >= 11 is 1.39. The van der Waals surface area contributed by atoms with Gasteiger partial charge in [-0.2, -0.15) is 0 Å². The number of hydrogen-bond donors (Lipinski definition) is 1. The predicted octanol–water partition coefficient (Wildman–Crippen LogP) is 4.49. The van der Waals surface area contributed by atoms with Gasteiger partial charge in [-0.1, -0.05) is 43.7 Å². The lowest BCUT2D eigenvalue weighted by Crippen LogP contribution is -2.29. The van der Waals surface area contributed by atoms with Crippen molar-refractivity contribution in [3.8, 4) is 0 Å². The van der Waals surface area contributed by atoms with E-state index >= 15 is 0 Å². The zero-order valence-electron chi connectivity index (χ0n) is 14.6. The van der Waals surface area contributed by atoms with Crippen LogP contribution < -0.4 is 5.32 Å². The first-order valence-electron chi connectivity index (χ1n) is 8.27. The Labute approximate surface area is 152 Å². The number of hydrogen-bond acceptors (Lipinski definition) is 4. The van der Waals surface area contributed by atoms with E-state index in [9.17, 15) is 4.79 Å². The third-order valence-electron chi connectivity index (χ3n) is 4.03. The summed E-state index contributed by atoms with van der Waals surface area (Å²) in [5.74, 6) is 0.158. The molecule has 1 aromatic carbocycles. The lowest BCUT2D eigenvalue weighted by molar-refractivity contribution is 0.0942. The van der Waals surface area contributed by atoms with Gasteiger partial charge in [-0.15, -0.1) is 11.3 Å². The number of nitrogens with zero attached hydrogens (tertiary/aromatic N) is 2. The molecule has 2 heterocycles. The van der Waals surface area contributed by atoms with Gasteiger partial charge < -0.3 is 5.32 Å². The number of carbonyl (C=O) groups is 1. The summed E-state index contributed by atoms with van der Waals surface area (Å²) < 4.78 is 0. The molecule has 0 bridgehead atoms. The second-order valence-electron chi connectivity index (χ2n) is 6.33. The molecule has 5 heteroatoms. The molecule has 1 atom stereocenters. The number of carbonyl (C=O) groups excluding carboxylic acids is 1. The van der Waals surface area contributed by atoms with Gasteiger partial charge in [0.15, 0.2) is 5.01 Å². The summed E-state index contributed by atoms with van der Waals surface area (Å²) in [7, 11) is 0. The van der Waals surface area contributed by atoms with Crippen molar-refractivity contribution in [2.24, 2.45) is 0 Å². The van der Waals surface area contributed by atoms with E-state index < -0.39 is 0 Å². The summed E-state index contributed by atoms with van der Waals surface area (Å²) in [6.07, 6.45) is 3.48. The Morgan fingerprint density at radius 2 is 1.68 bits per heavy atom. The molecule has 1 unspecified atom stereocenters. The van der Waals surface area contributed by atoms with Gasteiger partial charge in [0.25, 0.3) is 5.91 Å². The van der Waals surface area contributed by atoms with Crippen molar-refractivity contribution in [1.82, 2.24) is 15.3 Å². The highest BCUT2D eigenvalue weighted by molar-refractivity contribution is 7.11. The molecular weight excluding hydrogens is 330 g/mol. The average Bonchev–Trinajstić information content (AvgIpc) is 3.12. The smallest absolute Gasteiger partial charge is 0.281 e. The van der Waals surface area contributed by atoms with Gasteiger partial charge in [0.05, 0.1) is 11.7 Å². The van der Waals surface area contributed by atoms with Gasteiger partial charge in [-0.05, 0) is 36.1 Å². The number of rotatable bonds is 5. The first kappa shape index (κ1) is 17.3. The topological polar surface area (TPSA) is 54.9 Å². The van der Waals surface area contributed by atoms with Crippen LogP contribution in [0.5, 0.6) is 0 Å². The molecule has 0 fully saturated rings. The molecule has 25 heavy (non-hydrogen) atoms. The Bertz CT molecular complexity index is 841. The molecule has 0 spiro atoms. The van der Waals surface area contributed by atoms with Crippen molar-refractivity contribution < 1.29 is 4.79 Å². The molecule has 0 aliphatic heterocycles. The molecule has 0 aliphatic rings. The van der Waals surface area contributed by atoms with E-state index in [-0.39, 0.29) is 11.9 Å². The lowest BCUT2D eigenvalue weighted by Gasteiger charge is -2.19. The summed E-state index contributed by atoms with van der Waals surface area (Å²) in [5, 5.41) is 5.57. The SMILES string of the molecule is Cc1ccc(C(NC(=O)c2nc(C(C)C)cs2)c2ccncc2)cc1. The highest BCUT2D eigenvalue weighted by atomic mass is 32.1. The fourth-order valence-corrected chi connectivity index (χ4v) is 3.40. The van der Waals surface area contributed by atoms with Crippen molar-refractivity contribution in [2.45, 2.75) is 32.7 Å². The monoisotopic (exact) mass is 351 g/mol. The standard InChI is InChI=1S/C20H21N3OS/c1-13(2)17-12-25-20(22-17)19(24)23-18(16-8-10-21-11-9-16)15-6-4-14(3)5-7-15/h4-13,18H,1-3H3,(H,23,24). The van der Waals surface area contributed by atoms with Gasteiger partial charge >= 0.3 is 0 Å². The number of amides is 1. The maximum absolute atomic E-state index is 12.7. The van der Waals surface area contributed by atoms with Crippen molar-refractivity contribution in [1.29, 1.82) is 0 Å². The number of aryl methyl sites for hydroxylation is 1. The summed E-state index contributed by atoms with van der Waals surface area (Å²) in [5.41, 5.74) is 4.16. The molecule has 2 aromatic heterocycles. The molecule has 3 aromatic rings. The molecule has 0 saturated heterocycles. The lowest BCUT2D eigenvalue weighted by atomic mass is 9.98. The van der Waals surface area contributed by atoms with E-state index in [1.54, 1.807) is 12.4 Å². The first-order valence-corrected chi connectivity index (χ1v) is 9.15. The van der Waals surface area contributed by atoms with Gasteiger partial charge in [-0.3, -0.25) is 9.78 Å². The highest BCUT2D eigenvalue weighted by Gasteiger charge is 2.20. The Balaban J connectivity index is 1.89. The molecule has 0 aliphatic carbocycles. The van der Waals surface area contributed by atoms with Crippen LogP contribution in [0.1, 0.15) is 58.0 Å². The van der Waals surface area contributed by atoms with Crippen molar-refractivity contribution in [3.63, 3.8) is 0 Å². The Morgan fingerprint density at radius 1 is 1.04 bits per heavy atom. The van der Waals surface area contributed by atoms with Crippen LogP contribution in [0.4, 0.5) is 0 Å². The van der Waals surface area contributed by atoms with Crippen LogP contribution in [0.2, 0.25) is 0 Å². The largest absolute Gasteiger partial charge is 0.339 e. The molecule has 1 N–H and O–H groups in total. The van der Waals surface area contributed by atoms with Crippen LogP contribution in [0.15, 0.2) is 54.2 Å². The van der Waals surface area contributed by atoms with Crippen molar-refractivity contribution >= 4 is 17.2 Å². The number of nitrogens with one attached hydrogen (secondary N) is 1. The van der Waals surface area contributed by atoms with Gasteiger partial charge in [0, 0.05) is 17.8 Å². The summed E-state index contributed by atoms with van der Waals surface area (Å²) in [6, 6.07) is 11.8. The second-order valence-corrected chi connectivity index (χ2v) is 7.19. The van der Waals surface area contributed by atoms with Crippen LogP contribution in [0, 0.1) is 6.92 Å². The van der Waals surface area contributed by atoms with Gasteiger partial charge in [-0.25, -0.2) is 4.98 Å². The number of aromatic nitrogens is 2. The first-order chi connectivity index (χ1) is 12.0. The van der Waals surface area contributed by atoms with Crippen LogP contribution in [0.3, 0.4) is 0 Å². The third-order valence-corrected chi connectivity index (χ3v) is 4.89. The normalized spacial score (nSPS) is 12.2. The van der Waals surface area contributed by atoms with E-state index in [1.165, 1.54) is 16.9 Å². The molecular formula is C20H21N3OS. The van der Waals surface area contributed by atoms with E-state index in [4.69, 9.17) is 0 Å². The predicted molar refractivity (Wildman–Crippen MR) is 101 cm³/mol. The van der Waals surface area contributed by atoms with E-state index in [1.807, 2.05) is 36.6 Å². The number of thiazole rings is 1. The summed E-state index contributed by atoms with van der Waals surface area (Å²) in [4.78, 5) is 21.3. The molecule has 3 rings (SSSR count). The van der Waals surface area contributed by atoms with Crippen LogP contribution in [-0.2, 0) is 0 Å². The maximum atomic E-state index is 12.7. The number of benzene rings is 1. The number of pyridine rings is 1. The van der Waals surface area contributed by atoms with Crippen molar-refractivity contribution in [2.75, 3.05) is 0 Å². The third kappa shape index (κ3) is 4.12. The van der Waals surface area contributed by atoms with Crippen molar-refractivity contribution in [3.05, 3.63) is 81.6 Å².